The summed E-state index contributed by atoms with van der Waals surface area (Å²) in [6, 6.07) is 9.13. The molecule has 0 bridgehead atoms. The Morgan fingerprint density at radius 2 is 1.87 bits per heavy atom. The van der Waals surface area contributed by atoms with E-state index in [4.69, 9.17) is 0 Å². The van der Waals surface area contributed by atoms with Crippen LogP contribution in [-0.2, 0) is 10.0 Å². The largest absolute Gasteiger partial charge is 0.339 e. The summed E-state index contributed by atoms with van der Waals surface area (Å²) in [5, 5.41) is 0.974. The normalized spacial score (nSPS) is 15.5. The average molecular weight is 443 g/mol. The van der Waals surface area contributed by atoms with E-state index in [1.807, 2.05) is 18.2 Å². The molecule has 0 N–H and O–H groups in total. The minimum absolute atomic E-state index is 0.106. The van der Waals surface area contributed by atoms with Crippen molar-refractivity contribution in [2.45, 2.75) is 23.7 Å². The van der Waals surface area contributed by atoms with Gasteiger partial charge in [0.25, 0.3) is 5.91 Å². The minimum atomic E-state index is -3.76. The van der Waals surface area contributed by atoms with E-state index in [0.29, 0.717) is 25.9 Å². The van der Waals surface area contributed by atoms with E-state index in [9.17, 15) is 17.6 Å². The maximum Gasteiger partial charge on any atom is 0.256 e. The summed E-state index contributed by atoms with van der Waals surface area (Å²) in [6.07, 6.45) is 4.93. The van der Waals surface area contributed by atoms with Crippen molar-refractivity contribution < 1.29 is 17.6 Å². The van der Waals surface area contributed by atoms with Gasteiger partial charge in [0.05, 0.1) is 16.0 Å². The van der Waals surface area contributed by atoms with E-state index < -0.39 is 21.7 Å². The van der Waals surface area contributed by atoms with Crippen LogP contribution in [0.4, 0.5) is 4.39 Å². The number of hydrogen-bond acceptors (Lipinski definition) is 5. The average Bonchev–Trinajstić information content (AvgIpc) is 2.78. The maximum atomic E-state index is 14.4. The monoisotopic (exact) mass is 442 g/mol. The van der Waals surface area contributed by atoms with Crippen molar-refractivity contribution in [3.05, 3.63) is 65.9 Å². The van der Waals surface area contributed by atoms with E-state index in [2.05, 4.69) is 9.97 Å². The first-order valence-corrected chi connectivity index (χ1v) is 11.4. The zero-order chi connectivity index (χ0) is 22.2. The Kier molecular flexibility index (Phi) is 5.72. The number of rotatable bonds is 4. The highest BCUT2D eigenvalue weighted by Crippen LogP contribution is 2.29. The number of hydrogen-bond donors (Lipinski definition) is 0. The zero-order valence-corrected chi connectivity index (χ0v) is 18.1. The van der Waals surface area contributed by atoms with Gasteiger partial charge in [-0.15, -0.1) is 0 Å². The van der Waals surface area contributed by atoms with Crippen molar-refractivity contribution in [2.75, 3.05) is 27.2 Å². The molecule has 0 spiro atoms. The van der Waals surface area contributed by atoms with Gasteiger partial charge in [-0.3, -0.25) is 14.8 Å². The van der Waals surface area contributed by atoms with Gasteiger partial charge in [-0.05, 0) is 49.2 Å². The van der Waals surface area contributed by atoms with Crippen LogP contribution < -0.4 is 0 Å². The number of nitrogens with zero attached hydrogens (tertiary/aromatic N) is 4. The molecule has 2 aromatic heterocycles. The third-order valence-electron chi connectivity index (χ3n) is 5.66. The van der Waals surface area contributed by atoms with E-state index in [1.165, 1.54) is 20.2 Å². The lowest BCUT2D eigenvalue weighted by atomic mass is 9.92. The van der Waals surface area contributed by atoms with Crippen molar-refractivity contribution >= 4 is 26.8 Å². The fourth-order valence-electron chi connectivity index (χ4n) is 3.79. The topological polar surface area (TPSA) is 83.5 Å². The predicted molar refractivity (Wildman–Crippen MR) is 115 cm³/mol. The number of carbonyl (C=O) groups is 1. The summed E-state index contributed by atoms with van der Waals surface area (Å²) in [5.74, 6) is -1.05. The lowest BCUT2D eigenvalue weighted by Crippen LogP contribution is -2.38. The number of likely N-dealkylation sites (tertiary alicyclic amines) is 1. The number of amides is 1. The molecule has 0 radical (unpaired) electrons. The maximum absolute atomic E-state index is 14.4. The molecule has 7 nitrogen and oxygen atoms in total. The number of fused-ring (bicyclic) bond motifs is 1. The van der Waals surface area contributed by atoms with Gasteiger partial charge in [-0.25, -0.2) is 17.1 Å². The van der Waals surface area contributed by atoms with Crippen LogP contribution in [0.1, 0.15) is 34.8 Å². The number of carbonyl (C=O) groups excluding carboxylic acids is 1. The highest BCUT2D eigenvalue weighted by atomic mass is 32.2. The summed E-state index contributed by atoms with van der Waals surface area (Å²) >= 11 is 0. The van der Waals surface area contributed by atoms with Crippen LogP contribution in [0.25, 0.3) is 10.9 Å². The Hall–Kier alpha value is -2.91. The third-order valence-corrected chi connectivity index (χ3v) is 7.47. The second kappa shape index (κ2) is 8.32. The first-order valence-electron chi connectivity index (χ1n) is 9.99. The number of sulfonamides is 1. The first kappa shape index (κ1) is 21.3. The summed E-state index contributed by atoms with van der Waals surface area (Å²) in [4.78, 5) is 23.3. The molecule has 9 heteroatoms. The Labute approximate surface area is 180 Å². The van der Waals surface area contributed by atoms with Gasteiger partial charge in [0.15, 0.2) is 0 Å². The molecule has 4 rings (SSSR count). The molecule has 1 aromatic carbocycles. The molecule has 1 aliphatic rings. The fourth-order valence-corrected chi connectivity index (χ4v) is 4.72. The molecule has 1 amide bonds. The molecule has 3 heterocycles. The molecular formula is C22H23FN4O3S. The summed E-state index contributed by atoms with van der Waals surface area (Å²) in [5.41, 5.74) is 1.59. The molecule has 1 fully saturated rings. The molecule has 3 aromatic rings. The molecule has 0 atom stereocenters. The molecular weight excluding hydrogens is 419 g/mol. The third kappa shape index (κ3) is 4.15. The van der Waals surface area contributed by atoms with Crippen LogP contribution >= 0.6 is 0 Å². The first-order chi connectivity index (χ1) is 14.8. The zero-order valence-electron chi connectivity index (χ0n) is 17.3. The molecule has 0 unspecified atom stereocenters. The Morgan fingerprint density at radius 3 is 2.58 bits per heavy atom. The molecule has 162 valence electrons. The van der Waals surface area contributed by atoms with E-state index >= 15 is 0 Å². The smallest absolute Gasteiger partial charge is 0.256 e. The van der Waals surface area contributed by atoms with Crippen molar-refractivity contribution in [2.24, 2.45) is 0 Å². The number of benzene rings is 1. The number of aromatic nitrogens is 2. The van der Waals surface area contributed by atoms with Crippen LogP contribution in [0, 0.1) is 5.82 Å². The van der Waals surface area contributed by atoms with Gasteiger partial charge in [0.2, 0.25) is 10.0 Å². The molecule has 1 saturated heterocycles. The highest BCUT2D eigenvalue weighted by Gasteiger charge is 2.28. The Bertz CT molecular complexity index is 1240. The SMILES string of the molecule is CN(C)S(=O)(=O)c1ccc(F)c(C(=O)N2CCC(c3cc4ncccc4cn3)CC2)c1. The Morgan fingerprint density at radius 1 is 1.13 bits per heavy atom. The van der Waals surface area contributed by atoms with Gasteiger partial charge in [-0.1, -0.05) is 0 Å². The van der Waals surface area contributed by atoms with Gasteiger partial charge in [0, 0.05) is 56.6 Å². The molecule has 1 aliphatic heterocycles. The quantitative estimate of drug-likeness (QED) is 0.620. The molecule has 0 saturated carbocycles. The van der Waals surface area contributed by atoms with E-state index in [-0.39, 0.29) is 16.4 Å². The molecule has 0 aliphatic carbocycles. The van der Waals surface area contributed by atoms with Gasteiger partial charge >= 0.3 is 0 Å². The summed E-state index contributed by atoms with van der Waals surface area (Å²) in [6.45, 7) is 0.880. The van der Waals surface area contributed by atoms with Crippen LogP contribution in [0.5, 0.6) is 0 Å². The predicted octanol–water partition coefficient (Wildman–Crippen LogP) is 3.04. The molecule has 31 heavy (non-hydrogen) atoms. The van der Waals surface area contributed by atoms with Crippen molar-refractivity contribution in [1.82, 2.24) is 19.2 Å². The number of piperidine rings is 1. The van der Waals surface area contributed by atoms with E-state index in [0.717, 1.165) is 33.0 Å². The van der Waals surface area contributed by atoms with Gasteiger partial charge in [0.1, 0.15) is 5.82 Å². The van der Waals surface area contributed by atoms with Crippen molar-refractivity contribution in [3.63, 3.8) is 0 Å². The Balaban J connectivity index is 1.50. The van der Waals surface area contributed by atoms with Crippen LogP contribution in [-0.4, -0.2) is 60.7 Å². The summed E-state index contributed by atoms with van der Waals surface area (Å²) < 4.78 is 40.1. The van der Waals surface area contributed by atoms with Crippen molar-refractivity contribution in [3.8, 4) is 0 Å². The number of halogens is 1. The second-order valence-electron chi connectivity index (χ2n) is 7.80. The van der Waals surface area contributed by atoms with Crippen LogP contribution in [0.2, 0.25) is 0 Å². The number of pyridine rings is 2. The van der Waals surface area contributed by atoms with Crippen molar-refractivity contribution in [1.29, 1.82) is 0 Å². The van der Waals surface area contributed by atoms with Gasteiger partial charge < -0.3 is 4.90 Å². The lowest BCUT2D eigenvalue weighted by Gasteiger charge is -2.32. The van der Waals surface area contributed by atoms with Gasteiger partial charge in [-0.2, -0.15) is 0 Å². The fraction of sp³-hybridized carbons (Fsp3) is 0.318. The highest BCUT2D eigenvalue weighted by molar-refractivity contribution is 7.89. The lowest BCUT2D eigenvalue weighted by molar-refractivity contribution is 0.0707. The minimum Gasteiger partial charge on any atom is -0.339 e. The van der Waals surface area contributed by atoms with E-state index in [1.54, 1.807) is 17.3 Å². The standard InChI is InChI=1S/C22H23FN4O3S/c1-26(2)31(29,30)17-5-6-19(23)18(12-17)22(28)27-10-7-15(8-11-27)20-13-21-16(14-25-20)4-3-9-24-21/h3-6,9,12-15H,7-8,10-11H2,1-2H3. The second-order valence-corrected chi connectivity index (χ2v) is 9.95. The summed E-state index contributed by atoms with van der Waals surface area (Å²) in [7, 11) is -0.981. The van der Waals surface area contributed by atoms with Crippen LogP contribution in [0.3, 0.4) is 0 Å². The van der Waals surface area contributed by atoms with Crippen LogP contribution in [0.15, 0.2) is 53.7 Å².